The molecule has 4 aromatic rings. The quantitative estimate of drug-likeness (QED) is 0.0395. The van der Waals surface area contributed by atoms with Crippen LogP contribution >= 0.6 is 0 Å². The fourth-order valence-electron chi connectivity index (χ4n) is 7.61. The molecule has 342 valence electrons. The van der Waals surface area contributed by atoms with Crippen LogP contribution in [0.5, 0.6) is 5.75 Å². The summed E-state index contributed by atoms with van der Waals surface area (Å²) in [5.41, 5.74) is 2.17. The van der Waals surface area contributed by atoms with Gasteiger partial charge in [0.1, 0.15) is 37.7 Å². The van der Waals surface area contributed by atoms with Crippen molar-refractivity contribution in [2.45, 2.75) is 89.7 Å². The zero-order valence-corrected chi connectivity index (χ0v) is 36.9. The van der Waals surface area contributed by atoms with Crippen LogP contribution in [0.25, 0.3) is 0 Å². The molecule has 16 heteroatoms. The normalized spacial score (nSPS) is 14.6. The molecule has 1 fully saturated rings. The highest BCUT2D eigenvalue weighted by Crippen LogP contribution is 2.44. The van der Waals surface area contributed by atoms with Crippen molar-refractivity contribution in [1.82, 2.24) is 20.7 Å². The number of benzene rings is 4. The van der Waals surface area contributed by atoms with Crippen molar-refractivity contribution in [3.63, 3.8) is 0 Å². The Labute approximate surface area is 374 Å². The lowest BCUT2D eigenvalue weighted by Gasteiger charge is -2.32. The van der Waals surface area contributed by atoms with Crippen LogP contribution in [0, 0.1) is 11.3 Å². The summed E-state index contributed by atoms with van der Waals surface area (Å²) in [6.07, 6.45) is 3.10. The molecule has 3 amide bonds. The van der Waals surface area contributed by atoms with Gasteiger partial charge in [-0.2, -0.15) is 0 Å². The van der Waals surface area contributed by atoms with Crippen LogP contribution in [0.2, 0.25) is 0 Å². The summed E-state index contributed by atoms with van der Waals surface area (Å²) in [6, 6.07) is 32.9. The number of nitrogens with one attached hydrogen (secondary N) is 4. The minimum atomic E-state index is -3.84. The molecule has 4 aromatic carbocycles. The van der Waals surface area contributed by atoms with Gasteiger partial charge in [-0.05, 0) is 72.9 Å². The molecular formula is C48H58N4O11S. The van der Waals surface area contributed by atoms with Gasteiger partial charge in [0.2, 0.25) is 21.8 Å². The number of carboxylic acids is 1. The first-order valence-corrected chi connectivity index (χ1v) is 23.4. The summed E-state index contributed by atoms with van der Waals surface area (Å²) in [7, 11) is -3.84. The van der Waals surface area contributed by atoms with Crippen LogP contribution in [0.15, 0.2) is 115 Å². The Morgan fingerprint density at radius 2 is 1.25 bits per heavy atom. The molecular weight excluding hydrogens is 841 g/mol. The van der Waals surface area contributed by atoms with Gasteiger partial charge >= 0.3 is 18.0 Å². The predicted octanol–water partition coefficient (Wildman–Crippen LogP) is 5.82. The van der Waals surface area contributed by atoms with Gasteiger partial charge in [-0.3, -0.25) is 14.4 Å². The third-order valence-corrected chi connectivity index (χ3v) is 11.8. The fraction of sp³-hybridized carbons (Fsp3) is 0.396. The first kappa shape index (κ1) is 48.8. The Morgan fingerprint density at radius 3 is 1.81 bits per heavy atom. The first-order valence-electron chi connectivity index (χ1n) is 21.5. The van der Waals surface area contributed by atoms with Crippen LogP contribution in [0.3, 0.4) is 0 Å². The summed E-state index contributed by atoms with van der Waals surface area (Å²) >= 11 is 0. The Bertz CT molecular complexity index is 2220. The number of alkyl carbamates (subject to hydrolysis) is 1. The Hall–Kier alpha value is -6.26. The number of aliphatic carboxylic acids is 1. The lowest BCUT2D eigenvalue weighted by molar-refractivity contribution is -0.151. The number of hydrogen-bond acceptors (Lipinski definition) is 10. The highest BCUT2D eigenvalue weighted by Gasteiger charge is 2.45. The maximum Gasteiger partial charge on any atom is 0.407 e. The lowest BCUT2D eigenvalue weighted by atomic mass is 9.76. The highest BCUT2D eigenvalue weighted by molar-refractivity contribution is 7.88. The summed E-state index contributed by atoms with van der Waals surface area (Å²) in [5.74, 6) is -3.70. The molecule has 64 heavy (non-hydrogen) atoms. The zero-order chi connectivity index (χ0) is 45.8. The van der Waals surface area contributed by atoms with Crippen LogP contribution in [0.4, 0.5) is 4.79 Å². The van der Waals surface area contributed by atoms with Crippen LogP contribution in [0.1, 0.15) is 73.6 Å². The van der Waals surface area contributed by atoms with Gasteiger partial charge in [-0.1, -0.05) is 116 Å². The topological polar surface area (TPSA) is 216 Å². The summed E-state index contributed by atoms with van der Waals surface area (Å²) < 4.78 is 43.6. The molecule has 15 nitrogen and oxygen atoms in total. The molecule has 0 unspecified atom stereocenters. The Balaban J connectivity index is 1.19. The zero-order valence-electron chi connectivity index (χ0n) is 36.0. The molecule has 0 aliphatic heterocycles. The number of amides is 3. The average Bonchev–Trinajstić information content (AvgIpc) is 3.78. The van der Waals surface area contributed by atoms with Gasteiger partial charge in [-0.15, -0.1) is 0 Å². The minimum absolute atomic E-state index is 0.0138. The Morgan fingerprint density at radius 1 is 0.688 bits per heavy atom. The summed E-state index contributed by atoms with van der Waals surface area (Å²) in [6.45, 7) is 0.304. The standard InChI is InChI=1S/C48H58N4O11S/c1-64(59,60)52-41(21-11-14-28-49-47(58)63-34-38-19-9-4-10-20-38)43(53)50-31-39(44(54)55)30-48(26-12-13-27-48)46(57)51-42(45(56)62-33-37-17-7-3-8-18-37)29-35-22-24-40(25-23-35)61-32-36-15-5-2-6-16-36/h2-10,15-20,22-25,39,41-42,52H,11-14,21,26-34H2,1H3,(H,49,58)(H,50,53)(H,51,57)(H,54,55)/t39-,41-,42-/m0/s1. The second kappa shape index (κ2) is 24.5. The largest absolute Gasteiger partial charge is 0.489 e. The van der Waals surface area contributed by atoms with E-state index in [1.54, 1.807) is 12.1 Å². The van der Waals surface area contributed by atoms with Gasteiger partial charge in [0.05, 0.1) is 17.6 Å². The minimum Gasteiger partial charge on any atom is -0.489 e. The number of rotatable bonds is 25. The van der Waals surface area contributed by atoms with Crippen molar-refractivity contribution in [2.24, 2.45) is 11.3 Å². The number of hydrogen-bond donors (Lipinski definition) is 5. The summed E-state index contributed by atoms with van der Waals surface area (Å²) in [4.78, 5) is 66.3. The van der Waals surface area contributed by atoms with Crippen molar-refractivity contribution in [3.05, 3.63) is 138 Å². The number of carbonyl (C=O) groups excluding carboxylic acids is 4. The maximum absolute atomic E-state index is 14.4. The molecule has 3 atom stereocenters. The van der Waals surface area contributed by atoms with E-state index in [-0.39, 0.29) is 45.6 Å². The van der Waals surface area contributed by atoms with Crippen molar-refractivity contribution >= 4 is 39.9 Å². The van der Waals surface area contributed by atoms with Gasteiger partial charge < -0.3 is 35.3 Å². The third-order valence-electron chi connectivity index (χ3n) is 11.1. The molecule has 1 aliphatic rings. The molecule has 5 N–H and O–H groups in total. The second-order valence-electron chi connectivity index (χ2n) is 16.1. The average molecular weight is 899 g/mol. The van der Waals surface area contributed by atoms with E-state index < -0.39 is 63.3 Å². The maximum atomic E-state index is 14.4. The van der Waals surface area contributed by atoms with Crippen LogP contribution in [-0.2, 0) is 64.9 Å². The van der Waals surface area contributed by atoms with E-state index in [0.29, 0.717) is 50.9 Å². The second-order valence-corrected chi connectivity index (χ2v) is 17.9. The van der Waals surface area contributed by atoms with E-state index in [1.807, 2.05) is 103 Å². The van der Waals surface area contributed by atoms with Crippen LogP contribution < -0.4 is 25.4 Å². The fourth-order valence-corrected chi connectivity index (χ4v) is 8.36. The highest BCUT2D eigenvalue weighted by atomic mass is 32.2. The summed E-state index contributed by atoms with van der Waals surface area (Å²) in [5, 5.41) is 18.5. The smallest absolute Gasteiger partial charge is 0.407 e. The van der Waals surface area contributed by atoms with E-state index in [4.69, 9.17) is 14.2 Å². The number of unbranched alkanes of at least 4 members (excludes halogenated alkanes) is 1. The molecule has 0 heterocycles. The van der Waals surface area contributed by atoms with Crippen LogP contribution in [-0.4, -0.2) is 74.8 Å². The lowest BCUT2D eigenvalue weighted by Crippen LogP contribution is -2.51. The molecule has 0 radical (unpaired) electrons. The number of sulfonamides is 1. The molecule has 0 aromatic heterocycles. The molecule has 1 saturated carbocycles. The van der Waals surface area contributed by atoms with Crippen molar-refractivity contribution < 1.29 is 51.7 Å². The molecule has 0 spiro atoms. The van der Waals surface area contributed by atoms with Gasteiger partial charge in [0.25, 0.3) is 0 Å². The first-order chi connectivity index (χ1) is 30.8. The SMILES string of the molecule is CS(=O)(=O)N[C@@H](CCCCNC(=O)OCc1ccccc1)C(=O)NC[C@H](CC1(C(=O)N[C@@H](Cc2ccc(OCc3ccccc3)cc2)C(=O)OCc2ccccc2)CCCC1)C(=O)O. The van der Waals surface area contributed by atoms with Crippen molar-refractivity contribution in [1.29, 1.82) is 0 Å². The molecule has 5 rings (SSSR count). The van der Waals surface area contributed by atoms with E-state index in [9.17, 15) is 37.5 Å². The van der Waals surface area contributed by atoms with Gasteiger partial charge in [0.15, 0.2) is 0 Å². The monoisotopic (exact) mass is 898 g/mol. The number of carboxylic acid groups (broad SMARTS) is 1. The van der Waals surface area contributed by atoms with Crippen molar-refractivity contribution in [3.8, 4) is 5.75 Å². The van der Waals surface area contributed by atoms with Crippen molar-refractivity contribution in [2.75, 3.05) is 19.3 Å². The number of carbonyl (C=O) groups is 5. The third kappa shape index (κ3) is 16.5. The van der Waals surface area contributed by atoms with Gasteiger partial charge in [0, 0.05) is 19.5 Å². The number of ether oxygens (including phenoxy) is 3. The molecule has 0 bridgehead atoms. The van der Waals surface area contributed by atoms with Gasteiger partial charge in [-0.25, -0.2) is 22.7 Å². The number of esters is 1. The Kier molecular flexibility index (Phi) is 18.7. The van der Waals surface area contributed by atoms with E-state index in [2.05, 4.69) is 20.7 Å². The van der Waals surface area contributed by atoms with E-state index >= 15 is 0 Å². The van der Waals surface area contributed by atoms with E-state index in [1.165, 1.54) is 0 Å². The molecule has 0 saturated heterocycles. The molecule has 1 aliphatic carbocycles. The van der Waals surface area contributed by atoms with E-state index in [0.717, 1.165) is 28.5 Å². The predicted molar refractivity (Wildman–Crippen MR) is 239 cm³/mol.